The predicted octanol–water partition coefficient (Wildman–Crippen LogP) is 3.00. The van der Waals surface area contributed by atoms with Gasteiger partial charge >= 0.3 is 11.9 Å². The van der Waals surface area contributed by atoms with Crippen molar-refractivity contribution in [1.82, 2.24) is 4.98 Å². The van der Waals surface area contributed by atoms with Gasteiger partial charge in [-0.2, -0.15) is 0 Å². The number of hydrogen-bond donors (Lipinski definition) is 1. The molecule has 7 heteroatoms. The van der Waals surface area contributed by atoms with E-state index in [1.54, 1.807) is 52.0 Å². The van der Waals surface area contributed by atoms with Crippen molar-refractivity contribution in [2.45, 2.75) is 33.8 Å². The van der Waals surface area contributed by atoms with Crippen molar-refractivity contribution in [2.24, 2.45) is 0 Å². The van der Waals surface area contributed by atoms with Gasteiger partial charge in [0, 0.05) is 11.3 Å². The first-order valence-corrected chi connectivity index (χ1v) is 8.63. The van der Waals surface area contributed by atoms with Crippen LogP contribution >= 0.6 is 0 Å². The summed E-state index contributed by atoms with van der Waals surface area (Å²) in [6.07, 6.45) is -0.858. The quantitative estimate of drug-likeness (QED) is 0.565. The number of ketones is 1. The lowest BCUT2D eigenvalue weighted by Gasteiger charge is -2.13. The van der Waals surface area contributed by atoms with E-state index < -0.39 is 30.4 Å². The van der Waals surface area contributed by atoms with Crippen molar-refractivity contribution in [3.63, 3.8) is 0 Å². The fourth-order valence-electron chi connectivity index (χ4n) is 2.65. The van der Waals surface area contributed by atoms with Crippen LogP contribution in [0.5, 0.6) is 5.75 Å². The molecule has 0 aliphatic carbocycles. The van der Waals surface area contributed by atoms with Gasteiger partial charge in [0.05, 0.1) is 6.61 Å². The second-order valence-electron chi connectivity index (χ2n) is 5.95. The minimum atomic E-state index is -0.858. The van der Waals surface area contributed by atoms with Crippen molar-refractivity contribution in [3.8, 4) is 5.75 Å². The van der Waals surface area contributed by atoms with Gasteiger partial charge in [-0.05, 0) is 45.4 Å². The molecule has 0 aliphatic heterocycles. The van der Waals surface area contributed by atoms with E-state index in [0.717, 1.165) is 0 Å². The van der Waals surface area contributed by atoms with Crippen molar-refractivity contribution in [1.29, 1.82) is 0 Å². The van der Waals surface area contributed by atoms with E-state index in [2.05, 4.69) is 4.98 Å². The zero-order valence-corrected chi connectivity index (χ0v) is 15.8. The maximum absolute atomic E-state index is 12.5. The molecule has 0 fully saturated rings. The fraction of sp³-hybridized carbons (Fsp3) is 0.350. The number of Topliss-reactive ketones (excluding diaryl/α,β-unsaturated/α-hetero) is 1. The molecule has 0 amide bonds. The Hall–Kier alpha value is -3.09. The Labute approximate surface area is 157 Å². The van der Waals surface area contributed by atoms with E-state index in [4.69, 9.17) is 14.2 Å². The van der Waals surface area contributed by atoms with E-state index in [1.165, 1.54) is 0 Å². The fourth-order valence-corrected chi connectivity index (χ4v) is 2.65. The Morgan fingerprint density at radius 1 is 1.07 bits per heavy atom. The number of aromatic amines is 1. The first kappa shape index (κ1) is 20.2. The summed E-state index contributed by atoms with van der Waals surface area (Å²) in [4.78, 5) is 39.3. The third-order valence-electron chi connectivity index (χ3n) is 3.93. The Balaban J connectivity index is 1.99. The molecule has 1 aromatic carbocycles. The van der Waals surface area contributed by atoms with Crippen LogP contribution in [0.3, 0.4) is 0 Å². The lowest BCUT2D eigenvalue weighted by atomic mass is 10.1. The normalized spacial score (nSPS) is 11.6. The van der Waals surface area contributed by atoms with Crippen LogP contribution in [0.4, 0.5) is 0 Å². The maximum Gasteiger partial charge on any atom is 0.355 e. The third kappa shape index (κ3) is 4.97. The number of hydrogen-bond acceptors (Lipinski definition) is 6. The number of esters is 2. The monoisotopic (exact) mass is 373 g/mol. The van der Waals surface area contributed by atoms with Crippen molar-refractivity contribution in [3.05, 3.63) is 52.8 Å². The molecule has 7 nitrogen and oxygen atoms in total. The molecule has 2 aromatic rings. The summed E-state index contributed by atoms with van der Waals surface area (Å²) in [5.41, 5.74) is 1.54. The summed E-state index contributed by atoms with van der Waals surface area (Å²) < 4.78 is 15.5. The SMILES string of the molecule is CCOC(=O)c1[nH]c(C)c(C(=O)COC(=O)C(C)Oc2ccccc2)c1C. The van der Waals surface area contributed by atoms with Gasteiger partial charge in [0.25, 0.3) is 0 Å². The van der Waals surface area contributed by atoms with Crippen LogP contribution in [0.15, 0.2) is 30.3 Å². The molecule has 1 heterocycles. The molecule has 144 valence electrons. The summed E-state index contributed by atoms with van der Waals surface area (Å²) >= 11 is 0. The van der Waals surface area contributed by atoms with E-state index in [0.29, 0.717) is 22.6 Å². The lowest BCUT2D eigenvalue weighted by Crippen LogP contribution is -2.28. The summed E-state index contributed by atoms with van der Waals surface area (Å²) in [6, 6.07) is 8.85. The highest BCUT2D eigenvalue weighted by atomic mass is 16.6. The van der Waals surface area contributed by atoms with Crippen LogP contribution in [0, 0.1) is 13.8 Å². The highest BCUT2D eigenvalue weighted by Gasteiger charge is 2.24. The largest absolute Gasteiger partial charge is 0.479 e. The molecule has 0 aliphatic rings. The van der Waals surface area contributed by atoms with Gasteiger partial charge in [-0.25, -0.2) is 9.59 Å². The van der Waals surface area contributed by atoms with Gasteiger partial charge in [-0.15, -0.1) is 0 Å². The minimum Gasteiger partial charge on any atom is -0.479 e. The topological polar surface area (TPSA) is 94.7 Å². The standard InChI is InChI=1S/C20H23NO6/c1-5-25-20(24)18-12(2)17(13(3)21-18)16(22)11-26-19(23)14(4)27-15-9-7-6-8-10-15/h6-10,14,21H,5,11H2,1-4H3. The van der Waals surface area contributed by atoms with Crippen molar-refractivity contribution in [2.75, 3.05) is 13.2 Å². The molecular formula is C20H23NO6. The molecule has 2 rings (SSSR count). The van der Waals surface area contributed by atoms with Crippen LogP contribution < -0.4 is 4.74 Å². The Morgan fingerprint density at radius 2 is 1.74 bits per heavy atom. The zero-order chi connectivity index (χ0) is 20.0. The number of carbonyl (C=O) groups is 3. The van der Waals surface area contributed by atoms with Crippen molar-refractivity contribution < 1.29 is 28.6 Å². The second-order valence-corrected chi connectivity index (χ2v) is 5.95. The zero-order valence-electron chi connectivity index (χ0n) is 15.8. The van der Waals surface area contributed by atoms with Gasteiger partial charge in [-0.1, -0.05) is 18.2 Å². The molecule has 1 aromatic heterocycles. The number of benzene rings is 1. The number of rotatable bonds is 8. The third-order valence-corrected chi connectivity index (χ3v) is 3.93. The molecule has 1 atom stereocenters. The smallest absolute Gasteiger partial charge is 0.355 e. The molecule has 1 N–H and O–H groups in total. The minimum absolute atomic E-state index is 0.227. The number of nitrogens with one attached hydrogen (secondary N) is 1. The summed E-state index contributed by atoms with van der Waals surface area (Å²) in [6.45, 7) is 6.36. The summed E-state index contributed by atoms with van der Waals surface area (Å²) in [5, 5.41) is 0. The second kappa shape index (κ2) is 9.02. The van der Waals surface area contributed by atoms with Crippen molar-refractivity contribution >= 4 is 17.7 Å². The molecule has 27 heavy (non-hydrogen) atoms. The van der Waals surface area contributed by atoms with Gasteiger partial charge in [-0.3, -0.25) is 4.79 Å². The molecule has 0 saturated carbocycles. The number of aryl methyl sites for hydroxylation is 1. The number of aromatic nitrogens is 1. The van der Waals surface area contributed by atoms with Crippen LogP contribution in [0.1, 0.15) is 46.0 Å². The highest BCUT2D eigenvalue weighted by Crippen LogP contribution is 2.20. The average molecular weight is 373 g/mol. The van der Waals surface area contributed by atoms with Crippen LogP contribution in [-0.4, -0.2) is 42.0 Å². The first-order chi connectivity index (χ1) is 12.8. The molecule has 0 spiro atoms. The van der Waals surface area contributed by atoms with E-state index in [9.17, 15) is 14.4 Å². The molecule has 0 saturated heterocycles. The number of carbonyl (C=O) groups excluding carboxylic acids is 3. The molecular weight excluding hydrogens is 350 g/mol. The molecule has 0 radical (unpaired) electrons. The van der Waals surface area contributed by atoms with Gasteiger partial charge in [0.15, 0.2) is 12.7 Å². The van der Waals surface area contributed by atoms with Crippen LogP contribution in [0.25, 0.3) is 0 Å². The van der Waals surface area contributed by atoms with E-state index in [1.807, 2.05) is 6.07 Å². The van der Waals surface area contributed by atoms with Crippen LogP contribution in [-0.2, 0) is 14.3 Å². The summed E-state index contributed by atoms with van der Waals surface area (Å²) in [5.74, 6) is -1.05. The highest BCUT2D eigenvalue weighted by molar-refractivity contribution is 6.03. The number of H-pyrrole nitrogens is 1. The average Bonchev–Trinajstić information content (AvgIpc) is 2.95. The number of para-hydroxylation sites is 1. The Kier molecular flexibility index (Phi) is 6.76. The van der Waals surface area contributed by atoms with Crippen LogP contribution in [0.2, 0.25) is 0 Å². The molecule has 1 unspecified atom stereocenters. The Bertz CT molecular complexity index is 824. The van der Waals surface area contributed by atoms with Gasteiger partial charge < -0.3 is 19.2 Å². The Morgan fingerprint density at radius 3 is 2.37 bits per heavy atom. The van der Waals surface area contributed by atoms with Gasteiger partial charge in [0.2, 0.25) is 5.78 Å². The van der Waals surface area contributed by atoms with E-state index in [-0.39, 0.29) is 12.3 Å². The first-order valence-electron chi connectivity index (χ1n) is 8.63. The maximum atomic E-state index is 12.5. The van der Waals surface area contributed by atoms with Gasteiger partial charge in [0.1, 0.15) is 11.4 Å². The van der Waals surface area contributed by atoms with E-state index >= 15 is 0 Å². The molecule has 0 bridgehead atoms. The number of ether oxygens (including phenoxy) is 3. The predicted molar refractivity (Wildman–Crippen MR) is 98.0 cm³/mol. The summed E-state index contributed by atoms with van der Waals surface area (Å²) in [7, 11) is 0. The lowest BCUT2D eigenvalue weighted by molar-refractivity contribution is -0.149.